The van der Waals surface area contributed by atoms with E-state index in [4.69, 9.17) is 16.3 Å². The normalized spacial score (nSPS) is 10.7. The number of benzene rings is 2. The fraction of sp³-hybridized carbons (Fsp3) is 0.0625. The quantitative estimate of drug-likeness (QED) is 0.646. The first-order chi connectivity index (χ1) is 9.72. The van der Waals surface area contributed by atoms with Gasteiger partial charge in [-0.05, 0) is 41.1 Å². The van der Waals surface area contributed by atoms with Crippen LogP contribution in [0.25, 0.3) is 10.8 Å². The fourth-order valence-electron chi connectivity index (χ4n) is 1.97. The summed E-state index contributed by atoms with van der Waals surface area (Å²) in [5.74, 6) is 0.827. The molecule has 0 aliphatic rings. The number of hydrogen-bond donors (Lipinski definition) is 0. The zero-order valence-electron chi connectivity index (χ0n) is 10.5. The summed E-state index contributed by atoms with van der Waals surface area (Å²) in [5.41, 5.74) is 0.928. The maximum Gasteiger partial charge on any atom is 0.120 e. The molecule has 1 aromatic heterocycles. The van der Waals surface area contributed by atoms with Crippen LogP contribution in [-0.4, -0.2) is 4.98 Å². The molecule has 100 valence electrons. The van der Waals surface area contributed by atoms with E-state index in [0.717, 1.165) is 21.2 Å². The molecule has 0 aliphatic carbocycles. The van der Waals surface area contributed by atoms with E-state index in [-0.39, 0.29) is 0 Å². The maximum atomic E-state index is 6.06. The molecular formula is C16H11BrClNO. The highest BCUT2D eigenvalue weighted by molar-refractivity contribution is 9.10. The molecule has 0 radical (unpaired) electrons. The van der Waals surface area contributed by atoms with E-state index in [2.05, 4.69) is 33.0 Å². The van der Waals surface area contributed by atoms with E-state index >= 15 is 0 Å². The van der Waals surface area contributed by atoms with Gasteiger partial charge in [-0.15, -0.1) is 0 Å². The summed E-state index contributed by atoms with van der Waals surface area (Å²) in [7, 11) is 0. The van der Waals surface area contributed by atoms with Gasteiger partial charge in [0.1, 0.15) is 12.4 Å². The molecule has 3 aromatic rings. The highest BCUT2D eigenvalue weighted by Crippen LogP contribution is 2.25. The summed E-state index contributed by atoms with van der Waals surface area (Å²) in [6, 6.07) is 14.1. The second-order valence-corrected chi connectivity index (χ2v) is 5.73. The molecule has 0 saturated carbocycles. The third-order valence-electron chi connectivity index (χ3n) is 3.02. The predicted molar refractivity (Wildman–Crippen MR) is 85.2 cm³/mol. The van der Waals surface area contributed by atoms with Crippen molar-refractivity contribution in [2.45, 2.75) is 6.61 Å². The number of hydrogen-bond acceptors (Lipinski definition) is 2. The molecule has 0 bridgehead atoms. The fourth-order valence-corrected chi connectivity index (χ4v) is 2.52. The lowest BCUT2D eigenvalue weighted by Gasteiger charge is -2.08. The average molecular weight is 349 g/mol. The van der Waals surface area contributed by atoms with Gasteiger partial charge in [0, 0.05) is 22.4 Å². The lowest BCUT2D eigenvalue weighted by Crippen LogP contribution is -1.96. The zero-order valence-corrected chi connectivity index (χ0v) is 12.9. The van der Waals surface area contributed by atoms with Crippen molar-refractivity contribution in [3.8, 4) is 5.75 Å². The van der Waals surface area contributed by atoms with Crippen LogP contribution in [-0.2, 0) is 6.61 Å². The standard InChI is InChI=1S/C16H11BrClNO/c17-14-3-1-12-8-15(4-2-11(12)7-14)20-10-13-5-6-19-9-16(13)18/h1-9H,10H2. The second-order valence-electron chi connectivity index (χ2n) is 4.41. The Morgan fingerprint density at radius 2 is 1.85 bits per heavy atom. The van der Waals surface area contributed by atoms with Crippen LogP contribution in [0, 0.1) is 0 Å². The third kappa shape index (κ3) is 2.94. The van der Waals surface area contributed by atoms with Gasteiger partial charge in [0.25, 0.3) is 0 Å². The van der Waals surface area contributed by atoms with Crippen LogP contribution in [0.5, 0.6) is 5.75 Å². The molecule has 0 atom stereocenters. The van der Waals surface area contributed by atoms with Crippen molar-refractivity contribution >= 4 is 38.3 Å². The SMILES string of the molecule is Clc1cnccc1COc1ccc2cc(Br)ccc2c1. The topological polar surface area (TPSA) is 22.1 Å². The Morgan fingerprint density at radius 1 is 1.05 bits per heavy atom. The van der Waals surface area contributed by atoms with Crippen molar-refractivity contribution in [3.63, 3.8) is 0 Å². The highest BCUT2D eigenvalue weighted by Gasteiger charge is 2.02. The molecule has 0 unspecified atom stereocenters. The third-order valence-corrected chi connectivity index (χ3v) is 3.86. The summed E-state index contributed by atoms with van der Waals surface area (Å²) >= 11 is 9.52. The van der Waals surface area contributed by atoms with E-state index in [9.17, 15) is 0 Å². The Labute approximate surface area is 130 Å². The minimum Gasteiger partial charge on any atom is -0.489 e. The van der Waals surface area contributed by atoms with Crippen LogP contribution in [0.2, 0.25) is 5.02 Å². The molecular weight excluding hydrogens is 338 g/mol. The van der Waals surface area contributed by atoms with Gasteiger partial charge < -0.3 is 4.74 Å². The van der Waals surface area contributed by atoms with Gasteiger partial charge in [-0.25, -0.2) is 0 Å². The molecule has 2 aromatic carbocycles. The van der Waals surface area contributed by atoms with E-state index in [0.29, 0.717) is 11.6 Å². The van der Waals surface area contributed by atoms with E-state index in [1.165, 1.54) is 5.39 Å². The van der Waals surface area contributed by atoms with Crippen molar-refractivity contribution in [2.75, 3.05) is 0 Å². The maximum absolute atomic E-state index is 6.06. The molecule has 0 spiro atoms. The van der Waals surface area contributed by atoms with Gasteiger partial charge in [-0.3, -0.25) is 4.98 Å². The molecule has 3 rings (SSSR count). The van der Waals surface area contributed by atoms with Crippen molar-refractivity contribution in [2.24, 2.45) is 0 Å². The number of ether oxygens (including phenoxy) is 1. The number of rotatable bonds is 3. The van der Waals surface area contributed by atoms with Gasteiger partial charge in [0.2, 0.25) is 0 Å². The van der Waals surface area contributed by atoms with E-state index < -0.39 is 0 Å². The van der Waals surface area contributed by atoms with Gasteiger partial charge in [-0.2, -0.15) is 0 Å². The van der Waals surface area contributed by atoms with Crippen LogP contribution in [0.15, 0.2) is 59.3 Å². The van der Waals surface area contributed by atoms with Crippen molar-refractivity contribution in [1.29, 1.82) is 0 Å². The summed E-state index contributed by atoms with van der Waals surface area (Å²) in [5, 5.41) is 2.94. The monoisotopic (exact) mass is 347 g/mol. The number of nitrogens with zero attached hydrogens (tertiary/aromatic N) is 1. The van der Waals surface area contributed by atoms with Crippen LogP contribution >= 0.6 is 27.5 Å². The molecule has 20 heavy (non-hydrogen) atoms. The second kappa shape index (κ2) is 5.81. The Morgan fingerprint density at radius 3 is 2.70 bits per heavy atom. The minimum atomic E-state index is 0.434. The van der Waals surface area contributed by atoms with Crippen LogP contribution in [0.3, 0.4) is 0 Å². The Balaban J connectivity index is 1.81. The van der Waals surface area contributed by atoms with Crippen molar-refractivity contribution < 1.29 is 4.74 Å². The first-order valence-electron chi connectivity index (χ1n) is 6.13. The Bertz CT molecular complexity index is 760. The first-order valence-corrected chi connectivity index (χ1v) is 7.30. The summed E-state index contributed by atoms with van der Waals surface area (Å²) < 4.78 is 6.86. The molecule has 0 amide bonds. The van der Waals surface area contributed by atoms with Gasteiger partial charge in [-0.1, -0.05) is 39.7 Å². The van der Waals surface area contributed by atoms with E-state index in [1.807, 2.05) is 30.3 Å². The Hall–Kier alpha value is -1.58. The molecule has 0 fully saturated rings. The molecule has 2 nitrogen and oxygen atoms in total. The highest BCUT2D eigenvalue weighted by atomic mass is 79.9. The van der Waals surface area contributed by atoms with Crippen molar-refractivity contribution in [3.05, 3.63) is 69.9 Å². The largest absolute Gasteiger partial charge is 0.489 e. The predicted octanol–water partition coefficient (Wildman–Crippen LogP) is 5.23. The number of fused-ring (bicyclic) bond motifs is 1. The summed E-state index contributed by atoms with van der Waals surface area (Å²) in [6.07, 6.45) is 3.33. The summed E-state index contributed by atoms with van der Waals surface area (Å²) in [4.78, 5) is 3.96. The molecule has 0 aliphatic heterocycles. The van der Waals surface area contributed by atoms with E-state index in [1.54, 1.807) is 12.4 Å². The lowest BCUT2D eigenvalue weighted by molar-refractivity contribution is 0.306. The molecule has 1 heterocycles. The molecule has 0 saturated heterocycles. The number of halogens is 2. The smallest absolute Gasteiger partial charge is 0.120 e. The van der Waals surface area contributed by atoms with Crippen LogP contribution < -0.4 is 4.74 Å². The number of pyridine rings is 1. The lowest BCUT2D eigenvalue weighted by atomic mass is 10.1. The summed E-state index contributed by atoms with van der Waals surface area (Å²) in [6.45, 7) is 0.434. The minimum absolute atomic E-state index is 0.434. The number of aromatic nitrogens is 1. The zero-order chi connectivity index (χ0) is 13.9. The van der Waals surface area contributed by atoms with Crippen molar-refractivity contribution in [1.82, 2.24) is 4.98 Å². The first kappa shape index (κ1) is 13.4. The molecule has 4 heteroatoms. The average Bonchev–Trinajstić information content (AvgIpc) is 2.46. The Kier molecular flexibility index (Phi) is 3.90. The molecule has 0 N–H and O–H groups in total. The van der Waals surface area contributed by atoms with Crippen LogP contribution in [0.4, 0.5) is 0 Å². The van der Waals surface area contributed by atoms with Gasteiger partial charge in [0.15, 0.2) is 0 Å². The van der Waals surface area contributed by atoms with Crippen LogP contribution in [0.1, 0.15) is 5.56 Å². The van der Waals surface area contributed by atoms with Gasteiger partial charge in [0.05, 0.1) is 5.02 Å². The van der Waals surface area contributed by atoms with Gasteiger partial charge >= 0.3 is 0 Å².